The van der Waals surface area contributed by atoms with Crippen LogP contribution in [0.4, 0.5) is 5.82 Å². The number of aromatic nitrogens is 3. The summed E-state index contributed by atoms with van der Waals surface area (Å²) in [5.41, 5.74) is 0.892. The highest BCUT2D eigenvalue weighted by molar-refractivity contribution is 7.92. The van der Waals surface area contributed by atoms with Gasteiger partial charge in [-0.3, -0.25) is 4.72 Å². The minimum atomic E-state index is -4.17. The minimum absolute atomic E-state index is 0.157. The number of aliphatic hydroxyl groups excluding tert-OH is 1. The number of aliphatic hydroxyl groups is 1. The second kappa shape index (κ2) is 11.0. The molecule has 35 heavy (non-hydrogen) atoms. The highest BCUT2D eigenvalue weighted by Gasteiger charge is 2.26. The van der Waals surface area contributed by atoms with Crippen LogP contribution in [0.5, 0.6) is 23.1 Å². The molecule has 0 radical (unpaired) electrons. The molecule has 11 heteroatoms. The summed E-state index contributed by atoms with van der Waals surface area (Å²) >= 11 is 0. The van der Waals surface area contributed by atoms with Crippen molar-refractivity contribution in [3.05, 3.63) is 54.0 Å². The van der Waals surface area contributed by atoms with Crippen LogP contribution in [0.3, 0.4) is 0 Å². The van der Waals surface area contributed by atoms with E-state index in [-0.39, 0.29) is 40.0 Å². The monoisotopic (exact) mass is 498 g/mol. The van der Waals surface area contributed by atoms with Crippen molar-refractivity contribution in [2.75, 3.05) is 11.8 Å². The maximum atomic E-state index is 13.1. The molecule has 1 unspecified atom stereocenters. The molecule has 0 saturated carbocycles. The van der Waals surface area contributed by atoms with Gasteiger partial charge >= 0.3 is 0 Å². The maximum absolute atomic E-state index is 13.1. The lowest BCUT2D eigenvalue weighted by Crippen LogP contribution is -2.19. The highest BCUT2D eigenvalue weighted by Crippen LogP contribution is 2.40. The number of para-hydroxylation sites is 2. The van der Waals surface area contributed by atoms with Gasteiger partial charge in [0.05, 0.1) is 7.11 Å². The number of ether oxygens (including phenoxy) is 3. The zero-order valence-corrected chi connectivity index (χ0v) is 20.8. The van der Waals surface area contributed by atoms with Crippen LogP contribution in [0, 0.1) is 18.8 Å². The molecule has 0 fully saturated rings. The summed E-state index contributed by atoms with van der Waals surface area (Å²) in [6, 6.07) is 9.81. The lowest BCUT2D eigenvalue weighted by Gasteiger charge is -2.18. The fourth-order valence-corrected chi connectivity index (χ4v) is 3.86. The number of rotatable bonds is 9. The summed E-state index contributed by atoms with van der Waals surface area (Å²) < 4.78 is 45.3. The molecule has 0 aliphatic carbocycles. The zero-order valence-electron chi connectivity index (χ0n) is 19.9. The molecule has 0 aliphatic heterocycles. The van der Waals surface area contributed by atoms with Crippen LogP contribution in [0.15, 0.2) is 47.6 Å². The van der Waals surface area contributed by atoms with Crippen LogP contribution in [0.25, 0.3) is 0 Å². The molecule has 10 nitrogen and oxygen atoms in total. The molecule has 0 saturated heterocycles. The summed E-state index contributed by atoms with van der Waals surface area (Å²) in [6.07, 6.45) is -0.0330. The van der Waals surface area contributed by atoms with Gasteiger partial charge in [-0.1, -0.05) is 32.0 Å². The largest absolute Gasteiger partial charge is 0.493 e. The zero-order chi connectivity index (χ0) is 25.6. The fraction of sp³-hybridized carbons (Fsp3) is 0.292. The molecule has 0 spiro atoms. The van der Waals surface area contributed by atoms with E-state index in [0.29, 0.717) is 5.75 Å². The number of sulfonamides is 1. The molecule has 2 heterocycles. The molecular weight excluding hydrogens is 472 g/mol. The van der Waals surface area contributed by atoms with Gasteiger partial charge in [0, 0.05) is 6.20 Å². The standard InChI is InChI=1S/C24H26N4O6S/c1-6-9-21(29)34-24-22(33-19-11-8-7-10-18(19)32-5)23(26-16(4)27-24)28-35(30,31)20-13-12-17(14-25-20)15(2)3/h7-8,10-15,21,29H,1-5H3,(H,26,27,28). The summed E-state index contributed by atoms with van der Waals surface area (Å²) in [4.78, 5) is 12.4. The highest BCUT2D eigenvalue weighted by atomic mass is 32.2. The van der Waals surface area contributed by atoms with Crippen molar-refractivity contribution in [3.8, 4) is 35.0 Å². The second-order valence-corrected chi connectivity index (χ2v) is 9.19. The van der Waals surface area contributed by atoms with E-state index < -0.39 is 16.3 Å². The van der Waals surface area contributed by atoms with E-state index in [9.17, 15) is 13.5 Å². The van der Waals surface area contributed by atoms with Gasteiger partial charge in [0.1, 0.15) is 5.82 Å². The molecule has 2 aromatic heterocycles. The van der Waals surface area contributed by atoms with Crippen molar-refractivity contribution < 1.29 is 27.7 Å². The van der Waals surface area contributed by atoms with Crippen molar-refractivity contribution in [1.82, 2.24) is 15.0 Å². The van der Waals surface area contributed by atoms with Gasteiger partial charge in [-0.2, -0.15) is 13.4 Å². The van der Waals surface area contributed by atoms with Gasteiger partial charge in [-0.25, -0.2) is 9.97 Å². The predicted molar refractivity (Wildman–Crippen MR) is 129 cm³/mol. The number of aryl methyl sites for hydroxylation is 1. The number of anilines is 1. The molecule has 3 aromatic rings. The van der Waals surface area contributed by atoms with Crippen LogP contribution >= 0.6 is 0 Å². The van der Waals surface area contributed by atoms with Crippen LogP contribution in [0.1, 0.15) is 38.1 Å². The number of nitrogens with zero attached hydrogens (tertiary/aromatic N) is 3. The maximum Gasteiger partial charge on any atom is 0.280 e. The van der Waals surface area contributed by atoms with Gasteiger partial charge in [0.25, 0.3) is 22.2 Å². The molecule has 0 bridgehead atoms. The van der Waals surface area contributed by atoms with Crippen LogP contribution in [-0.4, -0.2) is 41.9 Å². The lowest BCUT2D eigenvalue weighted by molar-refractivity contribution is 0.0273. The number of benzene rings is 1. The summed E-state index contributed by atoms with van der Waals surface area (Å²) in [6.45, 7) is 7.02. The van der Waals surface area contributed by atoms with Crippen molar-refractivity contribution in [3.63, 3.8) is 0 Å². The number of pyridine rings is 1. The van der Waals surface area contributed by atoms with E-state index >= 15 is 0 Å². The first-order valence-electron chi connectivity index (χ1n) is 10.6. The molecule has 1 atom stereocenters. The van der Waals surface area contributed by atoms with Crippen molar-refractivity contribution >= 4 is 15.8 Å². The Morgan fingerprint density at radius 1 is 1.09 bits per heavy atom. The molecule has 0 amide bonds. The summed E-state index contributed by atoms with van der Waals surface area (Å²) in [5.74, 6) is 5.28. The Balaban J connectivity index is 2.09. The first kappa shape index (κ1) is 25.7. The van der Waals surface area contributed by atoms with Crippen molar-refractivity contribution in [1.29, 1.82) is 0 Å². The summed E-state index contributed by atoms with van der Waals surface area (Å²) in [7, 11) is -2.71. The SMILES string of the molecule is CC#CC(O)Oc1nc(C)nc(NS(=O)(=O)c2ccc(C(C)C)cn2)c1Oc1ccccc1OC. The third kappa shape index (κ3) is 6.38. The molecule has 0 aliphatic rings. The quantitative estimate of drug-likeness (QED) is 0.335. The normalized spacial score (nSPS) is 11.9. The molecule has 3 rings (SSSR count). The van der Waals surface area contributed by atoms with Gasteiger partial charge < -0.3 is 19.3 Å². The van der Waals surface area contributed by atoms with E-state index in [0.717, 1.165) is 5.56 Å². The van der Waals surface area contributed by atoms with Gasteiger partial charge in [-0.05, 0) is 49.4 Å². The summed E-state index contributed by atoms with van der Waals surface area (Å²) in [5, 5.41) is 9.86. The first-order chi connectivity index (χ1) is 16.6. The second-order valence-electron chi connectivity index (χ2n) is 7.56. The Kier molecular flexibility index (Phi) is 8.11. The van der Waals surface area contributed by atoms with E-state index in [4.69, 9.17) is 14.2 Å². The number of nitrogens with one attached hydrogen (secondary N) is 1. The van der Waals surface area contributed by atoms with Gasteiger partial charge in [0.15, 0.2) is 22.3 Å². The van der Waals surface area contributed by atoms with E-state index in [1.807, 2.05) is 13.8 Å². The first-order valence-corrected chi connectivity index (χ1v) is 12.1. The third-order valence-corrected chi connectivity index (χ3v) is 5.90. The van der Waals surface area contributed by atoms with E-state index in [1.54, 1.807) is 30.3 Å². The Bertz CT molecular complexity index is 1350. The van der Waals surface area contributed by atoms with E-state index in [2.05, 4.69) is 31.5 Å². The van der Waals surface area contributed by atoms with Crippen LogP contribution < -0.4 is 18.9 Å². The smallest absolute Gasteiger partial charge is 0.280 e. The van der Waals surface area contributed by atoms with Gasteiger partial charge in [-0.15, -0.1) is 5.92 Å². The molecule has 1 aromatic carbocycles. The van der Waals surface area contributed by atoms with Gasteiger partial charge in [0.2, 0.25) is 5.75 Å². The Labute approximate surface area is 204 Å². The fourth-order valence-electron chi connectivity index (χ4n) is 2.92. The van der Waals surface area contributed by atoms with Crippen molar-refractivity contribution in [2.24, 2.45) is 0 Å². The van der Waals surface area contributed by atoms with E-state index in [1.165, 1.54) is 33.2 Å². The average Bonchev–Trinajstić information content (AvgIpc) is 2.81. The van der Waals surface area contributed by atoms with Crippen molar-refractivity contribution in [2.45, 2.75) is 44.9 Å². The van der Waals surface area contributed by atoms with Crippen LogP contribution in [-0.2, 0) is 10.0 Å². The topological polar surface area (TPSA) is 133 Å². The Morgan fingerprint density at radius 2 is 1.80 bits per heavy atom. The number of methoxy groups -OCH3 is 1. The van der Waals surface area contributed by atoms with Crippen LogP contribution in [0.2, 0.25) is 0 Å². The molecular formula is C24H26N4O6S. The predicted octanol–water partition coefficient (Wildman–Crippen LogP) is 3.63. The molecule has 2 N–H and O–H groups in total. The average molecular weight is 499 g/mol. The third-order valence-electron chi connectivity index (χ3n) is 4.65. The Morgan fingerprint density at radius 3 is 2.40 bits per heavy atom. The number of hydrogen-bond donors (Lipinski definition) is 2. The number of hydrogen-bond acceptors (Lipinski definition) is 9. The Hall–Kier alpha value is -3.88. The minimum Gasteiger partial charge on any atom is -0.493 e. The molecule has 184 valence electrons. The lowest BCUT2D eigenvalue weighted by atomic mass is 10.1.